The number of hydrogen-bond acceptors (Lipinski definition) is 6. The van der Waals surface area contributed by atoms with Crippen LogP contribution in [-0.2, 0) is 16.0 Å². The summed E-state index contributed by atoms with van der Waals surface area (Å²) in [4.78, 5) is 47.1. The molecule has 2 unspecified atom stereocenters. The molecule has 1 aromatic heterocycles. The number of carbonyl (C=O) groups is 3. The number of amides is 3. The lowest BCUT2D eigenvalue weighted by atomic mass is 10.1. The Balaban J connectivity index is 1.66. The first-order chi connectivity index (χ1) is 15.3. The van der Waals surface area contributed by atoms with Crippen LogP contribution in [0.15, 0.2) is 41.4 Å². The van der Waals surface area contributed by atoms with Crippen molar-refractivity contribution >= 4 is 23.7 Å². The maximum atomic E-state index is 13.4. The molecular formula is C23H28N6O3. The van der Waals surface area contributed by atoms with Crippen LogP contribution in [0.25, 0.3) is 0 Å². The minimum atomic E-state index is -0.688. The van der Waals surface area contributed by atoms with Crippen molar-refractivity contribution in [1.82, 2.24) is 24.5 Å². The fourth-order valence-corrected chi connectivity index (χ4v) is 4.38. The largest absolute Gasteiger partial charge is 0.328 e. The molecule has 32 heavy (non-hydrogen) atoms. The van der Waals surface area contributed by atoms with Crippen LogP contribution >= 0.6 is 0 Å². The third-order valence-electron chi connectivity index (χ3n) is 5.86. The topological polar surface area (TPSA) is 91.1 Å². The Morgan fingerprint density at radius 2 is 1.84 bits per heavy atom. The van der Waals surface area contributed by atoms with E-state index in [9.17, 15) is 14.4 Å². The zero-order chi connectivity index (χ0) is 23.0. The number of fused-ring (bicyclic) bond motifs is 1. The second kappa shape index (κ2) is 8.57. The minimum absolute atomic E-state index is 0.238. The van der Waals surface area contributed by atoms with Gasteiger partial charge in [-0.25, -0.2) is 14.5 Å². The van der Waals surface area contributed by atoms with Gasteiger partial charge in [0.25, 0.3) is 5.91 Å². The molecule has 0 bridgehead atoms. The first-order valence-corrected chi connectivity index (χ1v) is 10.8. The average molecular weight is 437 g/mol. The maximum Gasteiger partial charge on any atom is 0.328 e. The molecule has 0 N–H and O–H groups in total. The van der Waals surface area contributed by atoms with E-state index in [-0.39, 0.29) is 12.3 Å². The van der Waals surface area contributed by atoms with E-state index in [0.717, 1.165) is 29.1 Å². The van der Waals surface area contributed by atoms with Crippen molar-refractivity contribution in [2.45, 2.75) is 45.8 Å². The van der Waals surface area contributed by atoms with Crippen LogP contribution in [0.4, 0.5) is 4.79 Å². The monoisotopic (exact) mass is 436 g/mol. The van der Waals surface area contributed by atoms with Crippen molar-refractivity contribution in [2.24, 2.45) is 4.99 Å². The Morgan fingerprint density at radius 3 is 2.47 bits per heavy atom. The number of benzene rings is 1. The highest BCUT2D eigenvalue weighted by molar-refractivity contribution is 6.06. The highest BCUT2D eigenvalue weighted by Crippen LogP contribution is 2.29. The SMILES string of the molecule is CC(=O)CN1C(=O)C2C(N=C(n3nc(C)cc3C)N2CCCc2ccccc2)N(C)C1=O. The van der Waals surface area contributed by atoms with Crippen LogP contribution in [-0.4, -0.2) is 80.5 Å². The molecule has 0 spiro atoms. The van der Waals surface area contributed by atoms with Crippen LogP contribution in [0.2, 0.25) is 0 Å². The summed E-state index contributed by atoms with van der Waals surface area (Å²) in [7, 11) is 1.62. The maximum absolute atomic E-state index is 13.4. The number of rotatable bonds is 6. The zero-order valence-electron chi connectivity index (χ0n) is 18.9. The minimum Gasteiger partial charge on any atom is -0.325 e. The first kappa shape index (κ1) is 21.7. The van der Waals surface area contributed by atoms with Crippen LogP contribution in [0.3, 0.4) is 0 Å². The van der Waals surface area contributed by atoms with E-state index in [2.05, 4.69) is 17.2 Å². The van der Waals surface area contributed by atoms with Gasteiger partial charge in [-0.05, 0) is 45.2 Å². The summed E-state index contributed by atoms with van der Waals surface area (Å²) in [5.41, 5.74) is 2.96. The van der Waals surface area contributed by atoms with Gasteiger partial charge in [0.05, 0.1) is 12.2 Å². The molecule has 1 saturated heterocycles. The van der Waals surface area contributed by atoms with E-state index in [1.54, 1.807) is 11.7 Å². The lowest BCUT2D eigenvalue weighted by Gasteiger charge is -2.41. The molecule has 3 amide bonds. The van der Waals surface area contributed by atoms with Gasteiger partial charge in [-0.15, -0.1) is 0 Å². The number of urea groups is 1. The van der Waals surface area contributed by atoms with Crippen molar-refractivity contribution < 1.29 is 14.4 Å². The molecule has 2 aromatic rings. The van der Waals surface area contributed by atoms with Gasteiger partial charge in [-0.2, -0.15) is 5.10 Å². The predicted octanol–water partition coefficient (Wildman–Crippen LogP) is 1.83. The van der Waals surface area contributed by atoms with Gasteiger partial charge in [-0.3, -0.25) is 14.5 Å². The number of nitrogens with zero attached hydrogens (tertiary/aromatic N) is 6. The molecular weight excluding hydrogens is 408 g/mol. The summed E-state index contributed by atoms with van der Waals surface area (Å²) in [6.45, 7) is 5.54. The summed E-state index contributed by atoms with van der Waals surface area (Å²) in [6, 6.07) is 10.9. The summed E-state index contributed by atoms with van der Waals surface area (Å²) < 4.78 is 1.73. The number of aromatic nitrogens is 2. The van der Waals surface area contributed by atoms with E-state index < -0.39 is 24.1 Å². The van der Waals surface area contributed by atoms with Crippen molar-refractivity contribution in [1.29, 1.82) is 0 Å². The van der Waals surface area contributed by atoms with Gasteiger partial charge in [0.1, 0.15) is 5.78 Å². The van der Waals surface area contributed by atoms with Gasteiger partial charge in [0.2, 0.25) is 5.96 Å². The Hall–Kier alpha value is -3.49. The molecule has 3 heterocycles. The molecule has 0 radical (unpaired) electrons. The third kappa shape index (κ3) is 3.90. The van der Waals surface area contributed by atoms with Gasteiger partial charge in [0.15, 0.2) is 12.2 Å². The summed E-state index contributed by atoms with van der Waals surface area (Å²) in [6.07, 6.45) is 0.983. The number of imide groups is 1. The quantitative estimate of drug-likeness (QED) is 0.689. The number of ketones is 1. The van der Waals surface area contributed by atoms with E-state index in [4.69, 9.17) is 4.99 Å². The normalized spacial score (nSPS) is 20.6. The number of carbonyl (C=O) groups excluding carboxylic acids is 3. The molecule has 168 valence electrons. The molecule has 2 aliphatic heterocycles. The van der Waals surface area contributed by atoms with Crippen molar-refractivity contribution in [3.8, 4) is 0 Å². The fourth-order valence-electron chi connectivity index (χ4n) is 4.38. The Labute approximate surface area is 187 Å². The Bertz CT molecular complexity index is 1080. The van der Waals surface area contributed by atoms with Gasteiger partial charge >= 0.3 is 6.03 Å². The lowest BCUT2D eigenvalue weighted by molar-refractivity contribution is -0.140. The summed E-state index contributed by atoms with van der Waals surface area (Å²) in [5.74, 6) is -0.0866. The van der Waals surface area contributed by atoms with E-state index in [0.29, 0.717) is 12.5 Å². The predicted molar refractivity (Wildman–Crippen MR) is 119 cm³/mol. The molecule has 0 aliphatic carbocycles. The van der Waals surface area contributed by atoms with Gasteiger partial charge in [0, 0.05) is 19.3 Å². The molecule has 1 fully saturated rings. The second-order valence-electron chi connectivity index (χ2n) is 8.43. The Morgan fingerprint density at radius 1 is 1.12 bits per heavy atom. The number of aliphatic imine (C=N–C) groups is 1. The number of hydrogen-bond donors (Lipinski definition) is 0. The number of Topliss-reactive ketones (excluding diaryl/α,β-unsaturated/α-hetero) is 1. The molecule has 2 atom stereocenters. The van der Waals surface area contributed by atoms with Gasteiger partial charge in [-0.1, -0.05) is 30.3 Å². The second-order valence-corrected chi connectivity index (χ2v) is 8.43. The molecule has 0 saturated carbocycles. The van der Waals surface area contributed by atoms with Crippen LogP contribution in [0, 0.1) is 13.8 Å². The van der Waals surface area contributed by atoms with Crippen LogP contribution in [0.1, 0.15) is 30.3 Å². The number of aryl methyl sites for hydroxylation is 3. The first-order valence-electron chi connectivity index (χ1n) is 10.8. The molecule has 9 nitrogen and oxygen atoms in total. The molecule has 9 heteroatoms. The van der Waals surface area contributed by atoms with Crippen LogP contribution in [0.5, 0.6) is 0 Å². The summed E-state index contributed by atoms with van der Waals surface area (Å²) >= 11 is 0. The highest BCUT2D eigenvalue weighted by Gasteiger charge is 2.52. The standard InChI is InChI=1S/C23H28N6O3/c1-15-13-16(2)29(25-15)22-24-20-19(21(31)28(14-17(3)30)23(32)26(20)4)27(22)12-8-11-18-9-6-5-7-10-18/h5-7,9-10,13,19-20H,8,11-12,14H2,1-4H3. The third-order valence-corrected chi connectivity index (χ3v) is 5.86. The van der Waals surface area contributed by atoms with Crippen LogP contribution < -0.4 is 0 Å². The molecule has 1 aromatic carbocycles. The molecule has 2 aliphatic rings. The fraction of sp³-hybridized carbons (Fsp3) is 0.435. The van der Waals surface area contributed by atoms with E-state index >= 15 is 0 Å². The smallest absolute Gasteiger partial charge is 0.325 e. The Kier molecular flexibility index (Phi) is 5.82. The highest BCUT2D eigenvalue weighted by atomic mass is 16.2. The van der Waals surface area contributed by atoms with Crippen molar-refractivity contribution in [3.05, 3.63) is 53.3 Å². The van der Waals surface area contributed by atoms with Crippen molar-refractivity contribution in [2.75, 3.05) is 20.1 Å². The number of likely N-dealkylation sites (N-methyl/N-ethyl adjacent to an activating group) is 1. The van der Waals surface area contributed by atoms with E-state index in [1.807, 2.05) is 43.0 Å². The van der Waals surface area contributed by atoms with Gasteiger partial charge < -0.3 is 9.80 Å². The summed E-state index contributed by atoms with van der Waals surface area (Å²) in [5, 5.41) is 4.56. The zero-order valence-corrected chi connectivity index (χ0v) is 18.9. The average Bonchev–Trinajstić information content (AvgIpc) is 3.29. The lowest BCUT2D eigenvalue weighted by Crippen LogP contribution is -2.65. The molecule has 4 rings (SSSR count). The van der Waals surface area contributed by atoms with E-state index in [1.165, 1.54) is 17.4 Å². The van der Waals surface area contributed by atoms with Crippen molar-refractivity contribution in [3.63, 3.8) is 0 Å².